The Balaban J connectivity index is 1.29. The van der Waals surface area contributed by atoms with Gasteiger partial charge < -0.3 is 5.32 Å². The SMILES string of the molecule is CC(=O)N(c1cccc(C(F)(F)F)c1)c1nc(/C=C/C(=O)NC23CC4CC(CC(C4)C2)C3)cs1. The van der Waals surface area contributed by atoms with Gasteiger partial charge in [-0.3, -0.25) is 14.5 Å². The summed E-state index contributed by atoms with van der Waals surface area (Å²) in [7, 11) is 0. The average Bonchev–Trinajstić information content (AvgIpc) is 3.19. The van der Waals surface area contributed by atoms with Crippen LogP contribution >= 0.6 is 11.3 Å². The molecule has 1 aromatic carbocycles. The predicted molar refractivity (Wildman–Crippen MR) is 124 cm³/mol. The van der Waals surface area contributed by atoms with E-state index in [0.29, 0.717) is 5.69 Å². The highest BCUT2D eigenvalue weighted by Gasteiger charge is 2.51. The first-order valence-electron chi connectivity index (χ1n) is 11.5. The Morgan fingerprint density at radius 1 is 1.15 bits per heavy atom. The summed E-state index contributed by atoms with van der Waals surface area (Å²) >= 11 is 1.13. The number of rotatable bonds is 5. The van der Waals surface area contributed by atoms with E-state index in [0.717, 1.165) is 65.4 Å². The molecule has 34 heavy (non-hydrogen) atoms. The topological polar surface area (TPSA) is 62.3 Å². The minimum atomic E-state index is -4.51. The van der Waals surface area contributed by atoms with Gasteiger partial charge >= 0.3 is 6.18 Å². The lowest BCUT2D eigenvalue weighted by Crippen LogP contribution is -2.59. The molecule has 0 radical (unpaired) electrons. The van der Waals surface area contributed by atoms with Crippen LogP contribution in [-0.2, 0) is 15.8 Å². The molecule has 4 aliphatic carbocycles. The number of benzene rings is 1. The number of alkyl halides is 3. The lowest BCUT2D eigenvalue weighted by Gasteiger charge is -2.56. The second-order valence-corrected chi connectivity index (χ2v) is 10.8. The Bertz CT molecular complexity index is 1110. The lowest BCUT2D eigenvalue weighted by atomic mass is 9.53. The second kappa shape index (κ2) is 8.52. The molecule has 4 bridgehead atoms. The number of hydrogen-bond acceptors (Lipinski definition) is 4. The number of amides is 2. The van der Waals surface area contributed by atoms with Gasteiger partial charge in [0.2, 0.25) is 11.8 Å². The van der Waals surface area contributed by atoms with E-state index in [4.69, 9.17) is 0 Å². The van der Waals surface area contributed by atoms with E-state index in [1.165, 1.54) is 44.4 Å². The van der Waals surface area contributed by atoms with Crippen molar-refractivity contribution < 1.29 is 22.8 Å². The summed E-state index contributed by atoms with van der Waals surface area (Å²) in [6.07, 6.45) is 5.60. The maximum atomic E-state index is 13.1. The third-order valence-corrected chi connectivity index (χ3v) is 8.12. The Hall–Kier alpha value is -2.68. The van der Waals surface area contributed by atoms with Gasteiger partial charge in [-0.15, -0.1) is 11.3 Å². The fraction of sp³-hybridized carbons (Fsp3) is 0.480. The normalized spacial score (nSPS) is 27.8. The Morgan fingerprint density at radius 3 is 2.38 bits per heavy atom. The van der Waals surface area contributed by atoms with E-state index in [9.17, 15) is 22.8 Å². The molecule has 4 fully saturated rings. The van der Waals surface area contributed by atoms with Crippen LogP contribution in [0.25, 0.3) is 6.08 Å². The Labute approximate surface area is 200 Å². The van der Waals surface area contributed by atoms with Crippen molar-refractivity contribution in [2.24, 2.45) is 17.8 Å². The van der Waals surface area contributed by atoms with Gasteiger partial charge in [0.25, 0.3) is 0 Å². The van der Waals surface area contributed by atoms with Crippen LogP contribution < -0.4 is 10.2 Å². The molecule has 4 saturated carbocycles. The summed E-state index contributed by atoms with van der Waals surface area (Å²) in [5, 5.41) is 5.19. The summed E-state index contributed by atoms with van der Waals surface area (Å²) in [6, 6.07) is 4.58. The van der Waals surface area contributed by atoms with Crippen LogP contribution in [0.1, 0.15) is 56.7 Å². The minimum Gasteiger partial charge on any atom is -0.347 e. The number of aromatic nitrogens is 1. The summed E-state index contributed by atoms with van der Waals surface area (Å²) < 4.78 is 39.4. The van der Waals surface area contributed by atoms with Crippen molar-refractivity contribution in [3.05, 3.63) is 47.0 Å². The van der Waals surface area contributed by atoms with Crippen molar-refractivity contribution in [1.29, 1.82) is 0 Å². The fourth-order valence-electron chi connectivity index (χ4n) is 6.43. The summed E-state index contributed by atoms with van der Waals surface area (Å²) in [5.41, 5.74) is -0.363. The molecule has 0 aliphatic heterocycles. The van der Waals surface area contributed by atoms with Crippen LogP contribution in [0.15, 0.2) is 35.7 Å². The van der Waals surface area contributed by atoms with E-state index in [-0.39, 0.29) is 22.3 Å². The quantitative estimate of drug-likeness (QED) is 0.529. The van der Waals surface area contributed by atoms with Gasteiger partial charge in [-0.1, -0.05) is 6.07 Å². The van der Waals surface area contributed by atoms with Crippen LogP contribution in [0.3, 0.4) is 0 Å². The molecule has 2 aromatic rings. The van der Waals surface area contributed by atoms with E-state index in [2.05, 4.69) is 10.3 Å². The van der Waals surface area contributed by atoms with Crippen LogP contribution in [-0.4, -0.2) is 22.3 Å². The van der Waals surface area contributed by atoms with Crippen molar-refractivity contribution in [1.82, 2.24) is 10.3 Å². The van der Waals surface area contributed by atoms with Crippen LogP contribution in [0, 0.1) is 17.8 Å². The zero-order valence-corrected chi connectivity index (χ0v) is 19.6. The third-order valence-electron chi connectivity index (χ3n) is 7.28. The highest BCUT2D eigenvalue weighted by molar-refractivity contribution is 7.14. The van der Waals surface area contributed by atoms with E-state index in [1.54, 1.807) is 11.5 Å². The first-order chi connectivity index (χ1) is 16.1. The second-order valence-electron chi connectivity index (χ2n) is 9.98. The molecule has 1 N–H and O–H groups in total. The van der Waals surface area contributed by atoms with E-state index < -0.39 is 17.6 Å². The van der Waals surface area contributed by atoms with Crippen molar-refractivity contribution >= 4 is 40.0 Å². The minimum absolute atomic E-state index is 0.0850. The maximum absolute atomic E-state index is 13.1. The first-order valence-corrected chi connectivity index (χ1v) is 12.4. The molecule has 4 aliphatic rings. The first kappa shape index (κ1) is 23.1. The van der Waals surface area contributed by atoms with Gasteiger partial charge in [-0.25, -0.2) is 4.98 Å². The zero-order chi connectivity index (χ0) is 24.1. The van der Waals surface area contributed by atoms with Crippen molar-refractivity contribution in [2.45, 2.75) is 57.2 Å². The largest absolute Gasteiger partial charge is 0.416 e. The van der Waals surface area contributed by atoms with E-state index >= 15 is 0 Å². The lowest BCUT2D eigenvalue weighted by molar-refractivity contribution is -0.137. The highest BCUT2D eigenvalue weighted by Crippen LogP contribution is 2.55. The predicted octanol–water partition coefficient (Wildman–Crippen LogP) is 5.94. The number of thiazole rings is 1. The molecule has 1 aromatic heterocycles. The number of nitrogens with zero attached hydrogens (tertiary/aromatic N) is 2. The molecular weight excluding hydrogens is 463 g/mol. The maximum Gasteiger partial charge on any atom is 0.416 e. The number of carbonyl (C=O) groups is 2. The number of anilines is 2. The molecule has 2 amide bonds. The van der Waals surface area contributed by atoms with Crippen molar-refractivity contribution in [3.8, 4) is 0 Å². The standard InChI is InChI=1S/C25H26F3N3O2S/c1-15(32)31(21-4-2-3-19(10-21)25(26,27)28)23-29-20(14-34-23)5-6-22(33)30-24-11-16-7-17(12-24)9-18(8-16)13-24/h2-6,10,14,16-18H,7-9,11-13H2,1H3,(H,30,33)/b6-5+. The number of carbonyl (C=O) groups excluding carboxylic acids is 2. The molecule has 0 saturated heterocycles. The van der Waals surface area contributed by atoms with Crippen LogP contribution in [0.4, 0.5) is 24.0 Å². The summed E-state index contributed by atoms with van der Waals surface area (Å²) in [6.45, 7) is 1.27. The van der Waals surface area contributed by atoms with Gasteiger partial charge in [0.05, 0.1) is 16.9 Å². The molecule has 6 rings (SSSR count). The van der Waals surface area contributed by atoms with Crippen LogP contribution in [0.5, 0.6) is 0 Å². The summed E-state index contributed by atoms with van der Waals surface area (Å²) in [4.78, 5) is 30.5. The molecule has 0 atom stereocenters. The van der Waals surface area contributed by atoms with Gasteiger partial charge in [0, 0.05) is 23.9 Å². The molecule has 9 heteroatoms. The van der Waals surface area contributed by atoms with Gasteiger partial charge in [0.15, 0.2) is 5.13 Å². The number of nitrogens with one attached hydrogen (secondary N) is 1. The summed E-state index contributed by atoms with van der Waals surface area (Å²) in [5.74, 6) is 1.57. The molecule has 1 heterocycles. The third kappa shape index (κ3) is 4.62. The van der Waals surface area contributed by atoms with E-state index in [1.807, 2.05) is 0 Å². The smallest absolute Gasteiger partial charge is 0.347 e. The molecule has 0 unspecified atom stereocenters. The molecule has 0 spiro atoms. The molecule has 180 valence electrons. The van der Waals surface area contributed by atoms with Gasteiger partial charge in [-0.05, 0) is 80.6 Å². The van der Waals surface area contributed by atoms with Crippen molar-refractivity contribution in [3.63, 3.8) is 0 Å². The van der Waals surface area contributed by atoms with Gasteiger partial charge in [-0.2, -0.15) is 13.2 Å². The van der Waals surface area contributed by atoms with Gasteiger partial charge in [0.1, 0.15) is 0 Å². The number of hydrogen-bond donors (Lipinski definition) is 1. The Kier molecular flexibility index (Phi) is 5.78. The van der Waals surface area contributed by atoms with Crippen LogP contribution in [0.2, 0.25) is 0 Å². The monoisotopic (exact) mass is 489 g/mol. The van der Waals surface area contributed by atoms with Crippen molar-refractivity contribution in [2.75, 3.05) is 4.90 Å². The molecule has 5 nitrogen and oxygen atoms in total. The Morgan fingerprint density at radius 2 is 1.79 bits per heavy atom. The molecular formula is C25H26F3N3O2S. The average molecular weight is 490 g/mol. The fourth-order valence-corrected chi connectivity index (χ4v) is 7.29. The number of halogens is 3. The zero-order valence-electron chi connectivity index (χ0n) is 18.8. The highest BCUT2D eigenvalue weighted by atomic mass is 32.1.